The van der Waals surface area contributed by atoms with Crippen molar-refractivity contribution in [2.75, 3.05) is 0 Å². The van der Waals surface area contributed by atoms with Gasteiger partial charge in [0.25, 0.3) is 0 Å². The van der Waals surface area contributed by atoms with Crippen molar-refractivity contribution in [2.24, 2.45) is 0 Å². The van der Waals surface area contributed by atoms with E-state index in [1.165, 1.54) is 77.5 Å². The number of hydrogen-bond acceptors (Lipinski definition) is 0. The first kappa shape index (κ1) is 21.4. The Kier molecular flexibility index (Phi) is 3.73. The molecule has 0 amide bonds. The van der Waals surface area contributed by atoms with Gasteiger partial charge in [-0.25, -0.2) is 0 Å². The Bertz CT molecular complexity index is 1840. The van der Waals surface area contributed by atoms with Crippen LogP contribution in [0.4, 0.5) is 0 Å². The Labute approximate surface area is 220 Å². The van der Waals surface area contributed by atoms with Crippen molar-refractivity contribution in [2.45, 2.75) is 57.8 Å². The SMILES string of the molecule is CC1(C)c2ccccc2-c2c1cc1cc3c(c4c1c2-c1ccccc1C4(C)C)-c1ccccc1C3(C)C. The number of benzene rings is 5. The van der Waals surface area contributed by atoms with E-state index in [4.69, 9.17) is 0 Å². The number of rotatable bonds is 0. The monoisotopic (exact) mass is 476 g/mol. The normalized spacial score (nSPS) is 18.1. The van der Waals surface area contributed by atoms with Crippen LogP contribution >= 0.6 is 0 Å². The molecule has 0 atom stereocenters. The molecule has 3 aliphatic carbocycles. The molecule has 0 heterocycles. The summed E-state index contributed by atoms with van der Waals surface area (Å²) in [6.45, 7) is 14.5. The van der Waals surface area contributed by atoms with Crippen LogP contribution in [0.5, 0.6) is 0 Å². The van der Waals surface area contributed by atoms with Crippen LogP contribution in [-0.2, 0) is 16.2 Å². The fourth-order valence-electron chi connectivity index (χ4n) is 8.18. The van der Waals surface area contributed by atoms with E-state index in [-0.39, 0.29) is 16.2 Å². The zero-order valence-corrected chi connectivity index (χ0v) is 22.6. The topological polar surface area (TPSA) is 0 Å². The van der Waals surface area contributed by atoms with Gasteiger partial charge in [0.05, 0.1) is 0 Å². The first-order chi connectivity index (χ1) is 17.6. The summed E-state index contributed by atoms with van der Waals surface area (Å²) in [4.78, 5) is 0. The first-order valence-electron chi connectivity index (χ1n) is 13.6. The molecule has 0 N–H and O–H groups in total. The molecule has 180 valence electrons. The number of hydrogen-bond donors (Lipinski definition) is 0. The highest BCUT2D eigenvalue weighted by Crippen LogP contribution is 2.62. The standard InChI is InChI=1S/C37H32/c1-35(2)25-16-10-7-13-22(25)31-28(35)19-21-20-29-32(23-14-8-11-17-26(23)36(29,3)4)34-30(21)33(31)24-15-9-12-18-27(24)37(34,5)6/h7-20H,1-6H3. The molecule has 0 fully saturated rings. The average molecular weight is 477 g/mol. The highest BCUT2D eigenvalue weighted by Gasteiger charge is 2.46. The van der Waals surface area contributed by atoms with E-state index in [0.717, 1.165) is 0 Å². The quantitative estimate of drug-likeness (QED) is 0.209. The minimum Gasteiger partial charge on any atom is -0.0619 e. The molecular formula is C37H32. The van der Waals surface area contributed by atoms with E-state index in [0.29, 0.717) is 0 Å². The average Bonchev–Trinajstić information content (AvgIpc) is 3.25. The lowest BCUT2D eigenvalue weighted by molar-refractivity contribution is 0.638. The molecule has 5 aromatic carbocycles. The van der Waals surface area contributed by atoms with Crippen molar-refractivity contribution in [1.29, 1.82) is 0 Å². The van der Waals surface area contributed by atoms with E-state index in [1.54, 1.807) is 0 Å². The summed E-state index contributed by atoms with van der Waals surface area (Å²) in [5, 5.41) is 2.85. The molecule has 0 radical (unpaired) electrons. The Morgan fingerprint density at radius 1 is 0.405 bits per heavy atom. The highest BCUT2D eigenvalue weighted by molar-refractivity contribution is 6.15. The second-order valence-electron chi connectivity index (χ2n) is 13.0. The molecule has 0 unspecified atom stereocenters. The van der Waals surface area contributed by atoms with E-state index < -0.39 is 0 Å². The lowest BCUT2D eigenvalue weighted by Gasteiger charge is -2.39. The van der Waals surface area contributed by atoms with Gasteiger partial charge in [-0.15, -0.1) is 0 Å². The van der Waals surface area contributed by atoms with Crippen LogP contribution in [0.1, 0.15) is 74.9 Å². The van der Waals surface area contributed by atoms with E-state index in [9.17, 15) is 0 Å². The summed E-state index contributed by atoms with van der Waals surface area (Å²) in [6, 6.07) is 32.5. The molecule has 5 aromatic rings. The maximum atomic E-state index is 2.54. The van der Waals surface area contributed by atoms with Crippen LogP contribution in [-0.4, -0.2) is 0 Å². The molecule has 0 bridgehead atoms. The van der Waals surface area contributed by atoms with Crippen molar-refractivity contribution in [3.8, 4) is 33.4 Å². The van der Waals surface area contributed by atoms with Crippen molar-refractivity contribution in [1.82, 2.24) is 0 Å². The summed E-state index contributed by atoms with van der Waals surface area (Å²) in [5.41, 5.74) is 17.2. The molecule has 3 aliphatic rings. The van der Waals surface area contributed by atoms with E-state index in [2.05, 4.69) is 126 Å². The third-order valence-corrected chi connectivity index (χ3v) is 10.0. The Balaban J connectivity index is 1.67. The summed E-state index contributed by atoms with van der Waals surface area (Å²) in [7, 11) is 0. The molecule has 0 spiro atoms. The molecule has 0 nitrogen and oxygen atoms in total. The maximum Gasteiger partial charge on any atom is 0.0165 e. The van der Waals surface area contributed by atoms with Crippen LogP contribution in [0, 0.1) is 0 Å². The van der Waals surface area contributed by atoms with Gasteiger partial charge >= 0.3 is 0 Å². The summed E-state index contributed by atoms with van der Waals surface area (Å²) < 4.78 is 0. The van der Waals surface area contributed by atoms with Crippen molar-refractivity contribution in [3.05, 3.63) is 118 Å². The van der Waals surface area contributed by atoms with Gasteiger partial charge in [-0.3, -0.25) is 0 Å². The summed E-state index contributed by atoms with van der Waals surface area (Å²) >= 11 is 0. The zero-order chi connectivity index (χ0) is 25.5. The second kappa shape index (κ2) is 6.43. The van der Waals surface area contributed by atoms with E-state index in [1.807, 2.05) is 0 Å². The Morgan fingerprint density at radius 3 is 1.35 bits per heavy atom. The van der Waals surface area contributed by atoms with Crippen molar-refractivity contribution >= 4 is 10.8 Å². The van der Waals surface area contributed by atoms with E-state index >= 15 is 0 Å². The predicted octanol–water partition coefficient (Wildman–Crippen LogP) is 9.76. The van der Waals surface area contributed by atoms with Gasteiger partial charge in [-0.1, -0.05) is 114 Å². The molecule has 0 aromatic heterocycles. The van der Waals surface area contributed by atoms with Gasteiger partial charge in [-0.2, -0.15) is 0 Å². The largest absolute Gasteiger partial charge is 0.0619 e. The van der Waals surface area contributed by atoms with Gasteiger partial charge in [-0.05, 0) is 89.7 Å². The molecule has 0 aliphatic heterocycles. The van der Waals surface area contributed by atoms with Crippen LogP contribution in [0.2, 0.25) is 0 Å². The van der Waals surface area contributed by atoms with Crippen LogP contribution in [0.25, 0.3) is 44.2 Å². The minimum absolute atomic E-state index is 0.0265. The fraction of sp³-hybridized carbons (Fsp3) is 0.243. The smallest absolute Gasteiger partial charge is 0.0165 e. The Morgan fingerprint density at radius 2 is 0.811 bits per heavy atom. The number of fused-ring (bicyclic) bond motifs is 10. The highest BCUT2D eigenvalue weighted by atomic mass is 14.5. The molecule has 0 saturated carbocycles. The molecule has 0 heteroatoms. The first-order valence-corrected chi connectivity index (χ1v) is 13.6. The molecule has 8 rings (SSSR count). The molecular weight excluding hydrogens is 444 g/mol. The fourth-order valence-corrected chi connectivity index (χ4v) is 8.18. The van der Waals surface area contributed by atoms with Crippen LogP contribution in [0.15, 0.2) is 84.9 Å². The predicted molar refractivity (Wildman–Crippen MR) is 157 cm³/mol. The third kappa shape index (κ3) is 2.32. The maximum absolute atomic E-state index is 2.54. The van der Waals surface area contributed by atoms with Gasteiger partial charge in [0.1, 0.15) is 0 Å². The minimum atomic E-state index is -0.109. The summed E-state index contributed by atoms with van der Waals surface area (Å²) in [5.74, 6) is 0. The second-order valence-corrected chi connectivity index (χ2v) is 13.0. The molecule has 37 heavy (non-hydrogen) atoms. The Hall–Kier alpha value is -3.64. The van der Waals surface area contributed by atoms with Crippen LogP contribution < -0.4 is 0 Å². The van der Waals surface area contributed by atoms with Crippen molar-refractivity contribution in [3.63, 3.8) is 0 Å². The van der Waals surface area contributed by atoms with Gasteiger partial charge in [0.2, 0.25) is 0 Å². The van der Waals surface area contributed by atoms with Gasteiger partial charge in [0, 0.05) is 16.2 Å². The molecule has 0 saturated heterocycles. The van der Waals surface area contributed by atoms with Gasteiger partial charge < -0.3 is 0 Å². The van der Waals surface area contributed by atoms with Crippen LogP contribution in [0.3, 0.4) is 0 Å². The van der Waals surface area contributed by atoms with Crippen molar-refractivity contribution < 1.29 is 0 Å². The summed E-state index contributed by atoms with van der Waals surface area (Å²) in [6.07, 6.45) is 0. The zero-order valence-electron chi connectivity index (χ0n) is 22.6. The lowest BCUT2D eigenvalue weighted by Crippen LogP contribution is -2.26. The third-order valence-electron chi connectivity index (χ3n) is 10.0. The van der Waals surface area contributed by atoms with Gasteiger partial charge in [0.15, 0.2) is 0 Å². The lowest BCUT2D eigenvalue weighted by atomic mass is 9.64.